The first-order chi connectivity index (χ1) is 9.37. The summed E-state index contributed by atoms with van der Waals surface area (Å²) in [5, 5.41) is 0. The molecule has 0 radical (unpaired) electrons. The van der Waals surface area contributed by atoms with Gasteiger partial charge in [0.05, 0.1) is 24.4 Å². The Kier molecular flexibility index (Phi) is 12.8. The van der Waals surface area contributed by atoms with Gasteiger partial charge in [-0.2, -0.15) is 0 Å². The van der Waals surface area contributed by atoms with Gasteiger partial charge in [-0.3, -0.25) is 9.13 Å². The van der Waals surface area contributed by atoms with Crippen molar-refractivity contribution < 1.29 is 56.8 Å². The molecule has 0 bridgehead atoms. The molecule has 0 atom stereocenters. The second kappa shape index (κ2) is 11.0. The van der Waals surface area contributed by atoms with Crippen molar-refractivity contribution in [3.8, 4) is 0 Å². The predicted molar refractivity (Wildman–Crippen MR) is 84.4 cm³/mol. The van der Waals surface area contributed by atoms with E-state index < -0.39 is 15.2 Å². The van der Waals surface area contributed by atoms with Gasteiger partial charge in [0.2, 0.25) is 0 Å². The van der Waals surface area contributed by atoms with Gasteiger partial charge in [-0.25, -0.2) is 0 Å². The average molecular weight is 366 g/mol. The van der Waals surface area contributed by atoms with Crippen LogP contribution in [-0.4, -0.2) is 24.4 Å². The molecule has 0 saturated heterocycles. The maximum Gasteiger partial charge on any atom is 1.00 e. The zero-order valence-electron chi connectivity index (χ0n) is 15.2. The Bertz CT molecular complexity index is 334. The van der Waals surface area contributed by atoms with Gasteiger partial charge in [0.25, 0.3) is 0 Å². The van der Waals surface area contributed by atoms with E-state index in [1.165, 1.54) is 0 Å². The van der Waals surface area contributed by atoms with Crippen LogP contribution < -0.4 is 29.6 Å². The van der Waals surface area contributed by atoms with Gasteiger partial charge in [0, 0.05) is 0 Å². The maximum absolute atomic E-state index is 12.8. The minimum Gasteiger partial charge on any atom is -0.328 e. The van der Waals surface area contributed by atoms with Crippen molar-refractivity contribution in [2.45, 2.75) is 79.8 Å². The number of hydrogen-bond donors (Lipinski definition) is 0. The van der Waals surface area contributed by atoms with E-state index in [0.717, 1.165) is 5.90 Å². The molecule has 0 aliphatic rings. The van der Waals surface area contributed by atoms with E-state index in [0.29, 0.717) is 0 Å². The van der Waals surface area contributed by atoms with Crippen molar-refractivity contribution in [1.29, 1.82) is 0 Å². The van der Waals surface area contributed by atoms with Gasteiger partial charge in [0.1, 0.15) is 0 Å². The molecule has 0 spiro atoms. The molecule has 0 amide bonds. The van der Waals surface area contributed by atoms with Crippen molar-refractivity contribution in [2.75, 3.05) is 0 Å². The molecule has 0 aromatic carbocycles. The fourth-order valence-electron chi connectivity index (χ4n) is 1.51. The molecule has 0 rings (SSSR count). The molecular formula is C13H29NaO6P2. The molecule has 9 heteroatoms. The fraction of sp³-hybridized carbons (Fsp3) is 0.923. The topological polar surface area (TPSA) is 71.1 Å². The first-order valence-electron chi connectivity index (χ1n) is 7.17. The summed E-state index contributed by atoms with van der Waals surface area (Å²) in [4.78, 5) is 0. The quantitative estimate of drug-likeness (QED) is 0.335. The minimum absolute atomic E-state index is 0. The van der Waals surface area contributed by atoms with E-state index in [2.05, 4.69) is 0 Å². The second-order valence-corrected chi connectivity index (χ2v) is 9.74. The van der Waals surface area contributed by atoms with Crippen LogP contribution in [0.1, 0.15) is 55.4 Å². The van der Waals surface area contributed by atoms with E-state index >= 15 is 0 Å². The summed E-state index contributed by atoms with van der Waals surface area (Å²) in [6.45, 7) is 13.8. The summed E-state index contributed by atoms with van der Waals surface area (Å²) in [5.41, 5.74) is 0. The van der Waals surface area contributed by atoms with Crippen LogP contribution in [0.5, 0.6) is 0 Å². The van der Waals surface area contributed by atoms with Crippen LogP contribution in [0, 0.1) is 5.90 Å². The molecule has 0 aromatic rings. The van der Waals surface area contributed by atoms with Crippen LogP contribution in [0.25, 0.3) is 0 Å². The van der Waals surface area contributed by atoms with E-state index in [-0.39, 0.29) is 54.0 Å². The molecule has 128 valence electrons. The molecule has 0 fully saturated rings. The molecule has 0 saturated carbocycles. The van der Waals surface area contributed by atoms with Crippen molar-refractivity contribution in [3.63, 3.8) is 0 Å². The third-order valence-corrected chi connectivity index (χ3v) is 6.84. The Morgan fingerprint density at radius 1 is 0.591 bits per heavy atom. The monoisotopic (exact) mass is 366 g/mol. The van der Waals surface area contributed by atoms with Gasteiger partial charge in [-0.1, -0.05) is 5.90 Å². The van der Waals surface area contributed by atoms with E-state index in [9.17, 15) is 9.13 Å². The van der Waals surface area contributed by atoms with Crippen LogP contribution in [0.3, 0.4) is 0 Å². The normalized spacial score (nSPS) is 13.3. The van der Waals surface area contributed by atoms with Gasteiger partial charge < -0.3 is 18.1 Å². The summed E-state index contributed by atoms with van der Waals surface area (Å²) >= 11 is 0. The van der Waals surface area contributed by atoms with Crippen LogP contribution in [0.15, 0.2) is 0 Å². The van der Waals surface area contributed by atoms with Crippen molar-refractivity contribution in [2.24, 2.45) is 0 Å². The van der Waals surface area contributed by atoms with Crippen LogP contribution in [-0.2, 0) is 27.2 Å². The van der Waals surface area contributed by atoms with Crippen LogP contribution in [0.4, 0.5) is 0 Å². The largest absolute Gasteiger partial charge is 1.00 e. The Labute approximate surface area is 157 Å². The molecule has 0 unspecified atom stereocenters. The summed E-state index contributed by atoms with van der Waals surface area (Å²) < 4.78 is 47.0. The van der Waals surface area contributed by atoms with Crippen molar-refractivity contribution in [3.05, 3.63) is 5.90 Å². The molecule has 0 aromatic heterocycles. The van der Waals surface area contributed by atoms with Gasteiger partial charge >= 0.3 is 29.6 Å². The summed E-state index contributed by atoms with van der Waals surface area (Å²) in [6, 6.07) is 0. The molecule has 0 aliphatic heterocycles. The Morgan fingerprint density at radius 2 is 0.773 bits per heavy atom. The second-order valence-electron chi connectivity index (χ2n) is 5.81. The van der Waals surface area contributed by atoms with Gasteiger partial charge in [-0.05, 0) is 55.4 Å². The Morgan fingerprint density at radius 3 is 0.909 bits per heavy atom. The molecule has 22 heavy (non-hydrogen) atoms. The summed E-state index contributed by atoms with van der Waals surface area (Å²) in [7, 11) is -7.41. The zero-order chi connectivity index (χ0) is 16.8. The summed E-state index contributed by atoms with van der Waals surface area (Å²) in [6.07, 6.45) is -1.40. The molecule has 0 heterocycles. The zero-order valence-corrected chi connectivity index (χ0v) is 19.0. The molecule has 6 nitrogen and oxygen atoms in total. The Balaban J connectivity index is 0. The van der Waals surface area contributed by atoms with E-state index in [1.54, 1.807) is 55.4 Å². The number of rotatable bonds is 10. The van der Waals surface area contributed by atoms with E-state index in [1.807, 2.05) is 0 Å². The van der Waals surface area contributed by atoms with Crippen LogP contribution >= 0.6 is 15.2 Å². The van der Waals surface area contributed by atoms with Crippen molar-refractivity contribution >= 4 is 15.2 Å². The maximum atomic E-state index is 12.8. The first kappa shape index (κ1) is 25.5. The summed E-state index contributed by atoms with van der Waals surface area (Å²) in [5.74, 6) is 0.986. The smallest absolute Gasteiger partial charge is 0.328 e. The number of hydrogen-bond acceptors (Lipinski definition) is 6. The SMILES string of the molecule is CC(C)OP(=O)([CH-]P(=O)(OC(C)C)OC(C)C)OC(C)C.[Na+]. The minimum atomic E-state index is -3.70. The standard InChI is InChI=1S/C13H29O6P2.Na/c1-10(2)16-20(14,17-11(3)4)9-21(15,18-12(5)6)19-13(7)8;/h9-13H,1-8H3;/q-1;+1. The fourth-order valence-corrected chi connectivity index (χ4v) is 6.21. The third kappa shape index (κ3) is 11.8. The van der Waals surface area contributed by atoms with Gasteiger partial charge in [0.15, 0.2) is 15.2 Å². The predicted octanol–water partition coefficient (Wildman–Crippen LogP) is 2.20. The van der Waals surface area contributed by atoms with E-state index in [4.69, 9.17) is 18.1 Å². The third-order valence-electron chi connectivity index (χ3n) is 1.71. The van der Waals surface area contributed by atoms with Crippen LogP contribution in [0.2, 0.25) is 0 Å². The Hall–Kier alpha value is 1.30. The van der Waals surface area contributed by atoms with Gasteiger partial charge in [-0.15, -0.1) is 0 Å². The van der Waals surface area contributed by atoms with Crippen molar-refractivity contribution in [1.82, 2.24) is 0 Å². The molecule has 0 aliphatic carbocycles. The average Bonchev–Trinajstić information content (AvgIpc) is 2.07. The molecular weight excluding hydrogens is 337 g/mol. The first-order valence-corrected chi connectivity index (χ1v) is 10.4. The molecule has 0 N–H and O–H groups in total.